The van der Waals surface area contributed by atoms with Crippen molar-refractivity contribution in [3.8, 4) is 6.07 Å². The van der Waals surface area contributed by atoms with Gasteiger partial charge in [0.25, 0.3) is 0 Å². The Morgan fingerprint density at radius 1 is 1.32 bits per heavy atom. The minimum atomic E-state index is 0.465. The summed E-state index contributed by atoms with van der Waals surface area (Å²) in [6.07, 6.45) is 0. The molecule has 2 N–H and O–H groups in total. The molecule has 22 heavy (non-hydrogen) atoms. The fourth-order valence-corrected chi connectivity index (χ4v) is 1.93. The van der Waals surface area contributed by atoms with Crippen LogP contribution in [0.3, 0.4) is 0 Å². The first kappa shape index (κ1) is 15.6. The number of hydrogen-bond donors (Lipinski definition) is 2. The molecule has 1 heterocycles. The van der Waals surface area contributed by atoms with Gasteiger partial charge in [-0.25, -0.2) is 4.98 Å². The number of hydrogen-bond acceptors (Lipinski definition) is 4. The highest BCUT2D eigenvalue weighted by molar-refractivity contribution is 5.79. The molecule has 0 saturated carbocycles. The Balaban J connectivity index is 1.88. The quantitative estimate of drug-likeness (QED) is 0.666. The summed E-state index contributed by atoms with van der Waals surface area (Å²) in [5.74, 6) is 2.10. The minimum Gasteiger partial charge on any atom is -0.444 e. The van der Waals surface area contributed by atoms with Gasteiger partial charge >= 0.3 is 0 Å². The summed E-state index contributed by atoms with van der Waals surface area (Å²) in [4.78, 5) is 8.46. The lowest BCUT2D eigenvalue weighted by molar-refractivity contribution is 0.463. The summed E-state index contributed by atoms with van der Waals surface area (Å²) < 4.78 is 5.51. The van der Waals surface area contributed by atoms with Crippen molar-refractivity contribution >= 4 is 5.96 Å². The Morgan fingerprint density at radius 3 is 2.73 bits per heavy atom. The van der Waals surface area contributed by atoms with Crippen molar-refractivity contribution in [1.29, 1.82) is 5.26 Å². The van der Waals surface area contributed by atoms with Gasteiger partial charge in [0.15, 0.2) is 5.96 Å². The molecule has 114 valence electrons. The monoisotopic (exact) mass is 297 g/mol. The van der Waals surface area contributed by atoms with Gasteiger partial charge < -0.3 is 15.1 Å². The van der Waals surface area contributed by atoms with E-state index in [1.165, 1.54) is 0 Å². The number of nitrogens with one attached hydrogen (secondary N) is 2. The summed E-state index contributed by atoms with van der Waals surface area (Å²) in [5.41, 5.74) is 2.56. The van der Waals surface area contributed by atoms with Crippen molar-refractivity contribution < 1.29 is 4.42 Å². The molecule has 0 aliphatic carbocycles. The summed E-state index contributed by atoms with van der Waals surface area (Å²) in [6.45, 7) is 4.85. The summed E-state index contributed by atoms with van der Waals surface area (Å²) >= 11 is 0. The zero-order chi connectivity index (χ0) is 15.9. The van der Waals surface area contributed by atoms with Crippen LogP contribution in [0.1, 0.15) is 28.5 Å². The molecular weight excluding hydrogens is 278 g/mol. The molecule has 0 saturated heterocycles. The van der Waals surface area contributed by atoms with Crippen LogP contribution in [-0.4, -0.2) is 18.0 Å². The van der Waals surface area contributed by atoms with Gasteiger partial charge in [-0.05, 0) is 31.5 Å². The lowest BCUT2D eigenvalue weighted by atomic mass is 10.1. The van der Waals surface area contributed by atoms with Gasteiger partial charge in [0.2, 0.25) is 5.89 Å². The second-order valence-electron chi connectivity index (χ2n) is 4.84. The third-order valence-electron chi connectivity index (χ3n) is 3.22. The van der Waals surface area contributed by atoms with E-state index in [2.05, 4.69) is 26.7 Å². The van der Waals surface area contributed by atoms with Gasteiger partial charge in [-0.15, -0.1) is 0 Å². The van der Waals surface area contributed by atoms with E-state index in [9.17, 15) is 0 Å². The second kappa shape index (κ2) is 7.27. The fraction of sp³-hybridized carbons (Fsp3) is 0.312. The first-order chi connectivity index (χ1) is 10.6. The van der Waals surface area contributed by atoms with E-state index in [1.54, 1.807) is 13.1 Å². The average molecular weight is 297 g/mol. The second-order valence-corrected chi connectivity index (χ2v) is 4.84. The molecule has 1 aromatic carbocycles. The van der Waals surface area contributed by atoms with Crippen LogP contribution in [0.25, 0.3) is 0 Å². The van der Waals surface area contributed by atoms with E-state index in [4.69, 9.17) is 9.68 Å². The highest BCUT2D eigenvalue weighted by Crippen LogP contribution is 2.07. The maximum absolute atomic E-state index is 8.90. The van der Waals surface area contributed by atoms with Crippen LogP contribution in [0.2, 0.25) is 0 Å². The highest BCUT2D eigenvalue weighted by atomic mass is 16.4. The van der Waals surface area contributed by atoms with Gasteiger partial charge in [-0.3, -0.25) is 4.99 Å². The molecule has 6 nitrogen and oxygen atoms in total. The lowest BCUT2D eigenvalue weighted by Crippen LogP contribution is -2.36. The van der Waals surface area contributed by atoms with E-state index in [0.717, 1.165) is 17.0 Å². The molecule has 0 spiro atoms. The average Bonchev–Trinajstić information content (AvgIpc) is 2.86. The zero-order valence-corrected chi connectivity index (χ0v) is 13.0. The lowest BCUT2D eigenvalue weighted by Gasteiger charge is -2.10. The van der Waals surface area contributed by atoms with Crippen molar-refractivity contribution in [1.82, 2.24) is 15.6 Å². The van der Waals surface area contributed by atoms with Crippen LogP contribution in [0.5, 0.6) is 0 Å². The Hall–Kier alpha value is -2.81. The molecule has 6 heteroatoms. The molecule has 2 aromatic rings. The number of oxazole rings is 1. The molecule has 0 aliphatic heterocycles. The number of rotatable bonds is 4. The SMILES string of the molecule is CN=C(NCc1cccc(C#N)c1)NCc1nc(C)c(C)o1. The number of aromatic nitrogens is 1. The minimum absolute atomic E-state index is 0.465. The molecule has 0 bridgehead atoms. The van der Waals surface area contributed by atoms with Gasteiger partial charge in [0.1, 0.15) is 5.76 Å². The Morgan fingerprint density at radius 2 is 2.09 bits per heavy atom. The third-order valence-corrected chi connectivity index (χ3v) is 3.22. The number of guanidine groups is 1. The Bertz CT molecular complexity index is 692. The third kappa shape index (κ3) is 4.09. The summed E-state index contributed by atoms with van der Waals surface area (Å²) in [5, 5.41) is 15.2. The van der Waals surface area contributed by atoms with Crippen LogP contribution < -0.4 is 10.6 Å². The topological polar surface area (TPSA) is 86.2 Å². The van der Waals surface area contributed by atoms with Crippen molar-refractivity contribution in [2.75, 3.05) is 7.05 Å². The van der Waals surface area contributed by atoms with Gasteiger partial charge in [0.05, 0.1) is 23.9 Å². The molecule has 0 radical (unpaired) electrons. The number of aliphatic imine (C=N–C) groups is 1. The van der Waals surface area contributed by atoms with Gasteiger partial charge in [-0.2, -0.15) is 5.26 Å². The van der Waals surface area contributed by atoms with E-state index in [-0.39, 0.29) is 0 Å². The van der Waals surface area contributed by atoms with Crippen LogP contribution in [0.15, 0.2) is 33.7 Å². The Kier molecular flexibility index (Phi) is 5.15. The molecule has 0 aliphatic rings. The van der Waals surface area contributed by atoms with E-state index >= 15 is 0 Å². The van der Waals surface area contributed by atoms with Crippen LogP contribution in [0.4, 0.5) is 0 Å². The molecule has 2 rings (SSSR count). The molecule has 0 unspecified atom stereocenters. The maximum Gasteiger partial charge on any atom is 0.214 e. The number of nitriles is 1. The van der Waals surface area contributed by atoms with Crippen molar-refractivity contribution in [3.63, 3.8) is 0 Å². The number of aryl methyl sites for hydroxylation is 2. The van der Waals surface area contributed by atoms with Crippen molar-refractivity contribution in [2.45, 2.75) is 26.9 Å². The smallest absolute Gasteiger partial charge is 0.214 e. The Labute approximate surface area is 129 Å². The van der Waals surface area contributed by atoms with Gasteiger partial charge in [0, 0.05) is 13.6 Å². The fourth-order valence-electron chi connectivity index (χ4n) is 1.93. The number of nitrogens with zero attached hydrogens (tertiary/aromatic N) is 3. The highest BCUT2D eigenvalue weighted by Gasteiger charge is 2.06. The molecule has 0 atom stereocenters. The predicted octanol–water partition coefficient (Wildman–Crippen LogP) is 2.03. The maximum atomic E-state index is 8.90. The van der Waals surface area contributed by atoms with Crippen LogP contribution >= 0.6 is 0 Å². The molecule has 0 amide bonds. The predicted molar refractivity (Wildman–Crippen MR) is 84.2 cm³/mol. The van der Waals surface area contributed by atoms with E-state index < -0.39 is 0 Å². The van der Waals surface area contributed by atoms with E-state index in [0.29, 0.717) is 30.5 Å². The normalized spacial score (nSPS) is 11.1. The summed E-state index contributed by atoms with van der Waals surface area (Å²) in [6, 6.07) is 9.58. The zero-order valence-electron chi connectivity index (χ0n) is 13.0. The first-order valence-electron chi connectivity index (χ1n) is 6.99. The van der Waals surface area contributed by atoms with Crippen LogP contribution in [-0.2, 0) is 13.1 Å². The van der Waals surface area contributed by atoms with Crippen molar-refractivity contribution in [2.24, 2.45) is 4.99 Å². The standard InChI is InChI=1S/C16H19N5O/c1-11-12(2)22-15(21-11)10-20-16(18-3)19-9-14-6-4-5-13(7-14)8-17/h4-7H,9-10H2,1-3H3,(H2,18,19,20). The van der Waals surface area contributed by atoms with E-state index in [1.807, 2.05) is 32.0 Å². The first-order valence-corrected chi connectivity index (χ1v) is 6.99. The molecule has 0 fully saturated rings. The van der Waals surface area contributed by atoms with Gasteiger partial charge in [-0.1, -0.05) is 12.1 Å². The largest absolute Gasteiger partial charge is 0.444 e. The van der Waals surface area contributed by atoms with Crippen molar-refractivity contribution in [3.05, 3.63) is 52.7 Å². The summed E-state index contributed by atoms with van der Waals surface area (Å²) in [7, 11) is 1.70. The van der Waals surface area contributed by atoms with Crippen LogP contribution in [0, 0.1) is 25.2 Å². The molecular formula is C16H19N5O. The molecule has 1 aromatic heterocycles. The number of benzene rings is 1.